The number of hydrogen-bond donors (Lipinski definition) is 0. The molecule has 5 nitrogen and oxygen atoms in total. The molecule has 0 atom stereocenters. The summed E-state index contributed by atoms with van der Waals surface area (Å²) in [4.78, 5) is 14.8. The van der Waals surface area contributed by atoms with E-state index in [2.05, 4.69) is 0 Å². The SMILES string of the molecule is Cc1nn2c(c1-c1ccccc1Oc1ccccc1)N(C(=O)C(C)C)CCC2. The van der Waals surface area contributed by atoms with Crippen molar-refractivity contribution in [2.45, 2.75) is 33.7 Å². The van der Waals surface area contributed by atoms with Crippen LogP contribution in [-0.2, 0) is 11.3 Å². The third-order valence-corrected chi connectivity index (χ3v) is 5.00. The zero-order valence-corrected chi connectivity index (χ0v) is 16.6. The van der Waals surface area contributed by atoms with Crippen LogP contribution in [0.25, 0.3) is 11.1 Å². The number of carbonyl (C=O) groups excluding carboxylic acids is 1. The first-order chi connectivity index (χ1) is 13.6. The summed E-state index contributed by atoms with van der Waals surface area (Å²) in [5.41, 5.74) is 2.83. The van der Waals surface area contributed by atoms with Crippen molar-refractivity contribution >= 4 is 11.7 Å². The number of para-hydroxylation sites is 2. The maximum absolute atomic E-state index is 12.9. The molecule has 0 N–H and O–H groups in total. The van der Waals surface area contributed by atoms with Gasteiger partial charge in [-0.1, -0.05) is 50.2 Å². The van der Waals surface area contributed by atoms with Gasteiger partial charge in [-0.05, 0) is 31.5 Å². The Labute approximate surface area is 165 Å². The third kappa shape index (κ3) is 3.28. The second kappa shape index (κ2) is 7.50. The van der Waals surface area contributed by atoms with Gasteiger partial charge >= 0.3 is 0 Å². The van der Waals surface area contributed by atoms with Crippen molar-refractivity contribution < 1.29 is 9.53 Å². The Bertz CT molecular complexity index is 992. The van der Waals surface area contributed by atoms with Crippen molar-refractivity contribution in [1.82, 2.24) is 9.78 Å². The fraction of sp³-hybridized carbons (Fsp3) is 0.304. The second-order valence-corrected chi connectivity index (χ2v) is 7.42. The van der Waals surface area contributed by atoms with Gasteiger partial charge in [-0.25, -0.2) is 4.68 Å². The summed E-state index contributed by atoms with van der Waals surface area (Å²) in [6.45, 7) is 7.42. The molecule has 1 amide bonds. The topological polar surface area (TPSA) is 47.4 Å². The number of amides is 1. The van der Waals surface area contributed by atoms with E-state index in [9.17, 15) is 4.79 Å². The molecule has 2 heterocycles. The summed E-state index contributed by atoms with van der Waals surface area (Å²) in [7, 11) is 0. The Balaban J connectivity index is 1.83. The van der Waals surface area contributed by atoms with Crippen LogP contribution in [-0.4, -0.2) is 22.2 Å². The van der Waals surface area contributed by atoms with Crippen LogP contribution in [0, 0.1) is 12.8 Å². The molecule has 4 rings (SSSR count). The zero-order valence-electron chi connectivity index (χ0n) is 16.6. The van der Waals surface area contributed by atoms with Crippen molar-refractivity contribution in [3.63, 3.8) is 0 Å². The first-order valence-corrected chi connectivity index (χ1v) is 9.77. The number of hydrogen-bond acceptors (Lipinski definition) is 3. The molecule has 28 heavy (non-hydrogen) atoms. The molecule has 3 aromatic rings. The van der Waals surface area contributed by atoms with E-state index in [0.29, 0.717) is 0 Å². The number of nitrogens with zero attached hydrogens (tertiary/aromatic N) is 3. The molecule has 1 aromatic heterocycles. The highest BCUT2D eigenvalue weighted by Gasteiger charge is 2.31. The number of rotatable bonds is 4. The molecule has 2 aromatic carbocycles. The van der Waals surface area contributed by atoms with Crippen molar-refractivity contribution in [3.05, 3.63) is 60.3 Å². The smallest absolute Gasteiger partial charge is 0.230 e. The largest absolute Gasteiger partial charge is 0.457 e. The Kier molecular flexibility index (Phi) is 4.90. The maximum Gasteiger partial charge on any atom is 0.230 e. The first-order valence-electron chi connectivity index (χ1n) is 9.77. The van der Waals surface area contributed by atoms with Crippen molar-refractivity contribution in [1.29, 1.82) is 0 Å². The summed E-state index contributed by atoms with van der Waals surface area (Å²) in [6.07, 6.45) is 0.911. The highest BCUT2D eigenvalue weighted by atomic mass is 16.5. The number of fused-ring (bicyclic) bond motifs is 1. The third-order valence-electron chi connectivity index (χ3n) is 5.00. The Morgan fingerprint density at radius 3 is 2.50 bits per heavy atom. The van der Waals surface area contributed by atoms with Gasteiger partial charge in [-0.15, -0.1) is 0 Å². The van der Waals surface area contributed by atoms with Gasteiger partial charge in [0.25, 0.3) is 0 Å². The standard InChI is InChI=1S/C23H25N3O2/c1-16(2)23(27)25-14-9-15-26-22(25)21(17(3)24-26)19-12-7-8-13-20(19)28-18-10-5-4-6-11-18/h4-8,10-13,16H,9,14-15H2,1-3H3. The van der Waals surface area contributed by atoms with Gasteiger partial charge in [0.15, 0.2) is 0 Å². The van der Waals surface area contributed by atoms with Crippen LogP contribution in [0.4, 0.5) is 5.82 Å². The molecule has 144 valence electrons. The number of aromatic nitrogens is 2. The number of ether oxygens (including phenoxy) is 1. The average Bonchev–Trinajstić information content (AvgIpc) is 3.04. The molecule has 0 bridgehead atoms. The lowest BCUT2D eigenvalue weighted by Crippen LogP contribution is -2.40. The molecule has 1 aliphatic rings. The fourth-order valence-electron chi connectivity index (χ4n) is 3.70. The Morgan fingerprint density at radius 1 is 1.04 bits per heavy atom. The molecule has 0 saturated carbocycles. The predicted octanol–water partition coefficient (Wildman–Crippen LogP) is 5.04. The quantitative estimate of drug-likeness (QED) is 0.641. The lowest BCUT2D eigenvalue weighted by Gasteiger charge is -2.30. The highest BCUT2D eigenvalue weighted by molar-refractivity contribution is 5.99. The van der Waals surface area contributed by atoms with Gasteiger partial charge in [0.2, 0.25) is 5.91 Å². The number of carbonyl (C=O) groups is 1. The number of anilines is 1. The van der Waals surface area contributed by atoms with Crippen molar-refractivity contribution in [3.8, 4) is 22.6 Å². The van der Waals surface area contributed by atoms with E-state index >= 15 is 0 Å². The minimum absolute atomic E-state index is 0.0644. The fourth-order valence-corrected chi connectivity index (χ4v) is 3.70. The predicted molar refractivity (Wildman–Crippen MR) is 111 cm³/mol. The summed E-state index contributed by atoms with van der Waals surface area (Å²) in [5, 5.41) is 4.73. The molecular weight excluding hydrogens is 350 g/mol. The van der Waals surface area contributed by atoms with E-state index in [1.807, 2.05) is 85.0 Å². The Morgan fingerprint density at radius 2 is 1.75 bits per heavy atom. The van der Waals surface area contributed by atoms with Crippen LogP contribution in [0.15, 0.2) is 54.6 Å². The van der Waals surface area contributed by atoms with Crippen LogP contribution in [0.1, 0.15) is 26.0 Å². The normalized spacial score (nSPS) is 13.5. The first kappa shape index (κ1) is 18.3. The average molecular weight is 375 g/mol. The van der Waals surface area contributed by atoms with Gasteiger partial charge < -0.3 is 4.74 Å². The molecule has 0 fully saturated rings. The molecule has 5 heteroatoms. The molecule has 0 unspecified atom stereocenters. The van der Waals surface area contributed by atoms with E-state index in [0.717, 1.165) is 53.6 Å². The van der Waals surface area contributed by atoms with Gasteiger partial charge in [0.05, 0.1) is 11.3 Å². The monoisotopic (exact) mass is 375 g/mol. The molecular formula is C23H25N3O2. The van der Waals surface area contributed by atoms with E-state index in [4.69, 9.17) is 9.84 Å². The van der Waals surface area contributed by atoms with Crippen molar-refractivity contribution in [2.75, 3.05) is 11.4 Å². The Hall–Kier alpha value is -3.08. The summed E-state index contributed by atoms with van der Waals surface area (Å²) >= 11 is 0. The lowest BCUT2D eigenvalue weighted by molar-refractivity contribution is -0.121. The van der Waals surface area contributed by atoms with Gasteiger partial charge in [-0.2, -0.15) is 5.10 Å². The molecule has 0 radical (unpaired) electrons. The van der Waals surface area contributed by atoms with Gasteiger partial charge in [-0.3, -0.25) is 9.69 Å². The van der Waals surface area contributed by atoms with Crippen LogP contribution >= 0.6 is 0 Å². The molecule has 1 aliphatic heterocycles. The van der Waals surface area contributed by atoms with Crippen LogP contribution in [0.2, 0.25) is 0 Å². The second-order valence-electron chi connectivity index (χ2n) is 7.42. The van der Waals surface area contributed by atoms with Crippen LogP contribution < -0.4 is 9.64 Å². The molecule has 0 spiro atoms. The maximum atomic E-state index is 12.9. The number of benzene rings is 2. The zero-order chi connectivity index (χ0) is 19.7. The highest BCUT2D eigenvalue weighted by Crippen LogP contribution is 2.42. The minimum Gasteiger partial charge on any atom is -0.457 e. The lowest BCUT2D eigenvalue weighted by atomic mass is 10.0. The summed E-state index contributed by atoms with van der Waals surface area (Å²) in [6, 6.07) is 17.7. The van der Waals surface area contributed by atoms with Crippen LogP contribution in [0.5, 0.6) is 11.5 Å². The van der Waals surface area contributed by atoms with Gasteiger partial charge in [0, 0.05) is 24.6 Å². The van der Waals surface area contributed by atoms with Crippen LogP contribution in [0.3, 0.4) is 0 Å². The van der Waals surface area contributed by atoms with E-state index < -0.39 is 0 Å². The number of aryl methyl sites for hydroxylation is 2. The molecule has 0 saturated heterocycles. The van der Waals surface area contributed by atoms with Crippen molar-refractivity contribution in [2.24, 2.45) is 5.92 Å². The van der Waals surface area contributed by atoms with E-state index in [1.165, 1.54) is 0 Å². The minimum atomic E-state index is -0.0644. The summed E-state index contributed by atoms with van der Waals surface area (Å²) in [5.74, 6) is 2.49. The van der Waals surface area contributed by atoms with E-state index in [1.54, 1.807) is 0 Å². The van der Waals surface area contributed by atoms with E-state index in [-0.39, 0.29) is 11.8 Å². The molecule has 0 aliphatic carbocycles. The summed E-state index contributed by atoms with van der Waals surface area (Å²) < 4.78 is 8.15. The van der Waals surface area contributed by atoms with Gasteiger partial charge in [0.1, 0.15) is 17.3 Å².